The van der Waals surface area contributed by atoms with E-state index in [0.29, 0.717) is 33.5 Å². The van der Waals surface area contributed by atoms with Gasteiger partial charge in [0.25, 0.3) is 11.8 Å². The van der Waals surface area contributed by atoms with Crippen LogP contribution in [0.15, 0.2) is 72.4 Å². The van der Waals surface area contributed by atoms with Crippen molar-refractivity contribution < 1.29 is 19.1 Å². The predicted octanol–water partition coefficient (Wildman–Crippen LogP) is 5.32. The van der Waals surface area contributed by atoms with E-state index in [1.165, 1.54) is 12.0 Å². The molecule has 0 aromatic heterocycles. The van der Waals surface area contributed by atoms with E-state index in [9.17, 15) is 9.59 Å². The van der Waals surface area contributed by atoms with Gasteiger partial charge < -0.3 is 14.8 Å². The van der Waals surface area contributed by atoms with E-state index in [1.54, 1.807) is 61.7 Å². The van der Waals surface area contributed by atoms with Crippen LogP contribution in [0, 0.1) is 0 Å². The summed E-state index contributed by atoms with van der Waals surface area (Å²) in [6.07, 6.45) is 0.860. The van der Waals surface area contributed by atoms with Gasteiger partial charge in [-0.2, -0.15) is 0 Å². The Bertz CT molecular complexity index is 1230. The van der Waals surface area contributed by atoms with Gasteiger partial charge in [0, 0.05) is 11.1 Å². The third kappa shape index (κ3) is 4.30. The number of amides is 2. The number of aryl methyl sites for hydroxylation is 1. The van der Waals surface area contributed by atoms with Gasteiger partial charge >= 0.3 is 0 Å². The first-order valence-corrected chi connectivity index (χ1v) is 10.8. The van der Waals surface area contributed by atoms with Gasteiger partial charge in [-0.1, -0.05) is 42.8 Å². The Morgan fingerprint density at radius 2 is 1.58 bits per heavy atom. The first kappa shape index (κ1) is 22.4. The molecule has 0 bridgehead atoms. The van der Waals surface area contributed by atoms with Gasteiger partial charge in [0.1, 0.15) is 17.2 Å². The second-order valence-electron chi connectivity index (χ2n) is 7.41. The summed E-state index contributed by atoms with van der Waals surface area (Å²) in [5, 5.41) is 3.66. The van der Waals surface area contributed by atoms with Crippen LogP contribution >= 0.6 is 11.6 Å². The minimum Gasteiger partial charge on any atom is -0.497 e. The van der Waals surface area contributed by atoms with Crippen LogP contribution in [0.5, 0.6) is 11.5 Å². The largest absolute Gasteiger partial charge is 0.497 e. The highest BCUT2D eigenvalue weighted by molar-refractivity contribution is 6.46. The summed E-state index contributed by atoms with van der Waals surface area (Å²) in [7, 11) is 3.08. The summed E-state index contributed by atoms with van der Waals surface area (Å²) < 4.78 is 10.8. The lowest BCUT2D eigenvalue weighted by Gasteiger charge is -2.16. The molecule has 1 aliphatic heterocycles. The molecule has 2 amide bonds. The van der Waals surface area contributed by atoms with Gasteiger partial charge in [-0.25, -0.2) is 4.90 Å². The summed E-state index contributed by atoms with van der Waals surface area (Å²) in [6.45, 7) is 2.05. The molecule has 0 unspecified atom stereocenters. The number of hydrogen-bond acceptors (Lipinski definition) is 5. The molecule has 7 heteroatoms. The predicted molar refractivity (Wildman–Crippen MR) is 130 cm³/mol. The number of rotatable bonds is 7. The summed E-state index contributed by atoms with van der Waals surface area (Å²) in [4.78, 5) is 28.3. The number of methoxy groups -OCH3 is 2. The molecule has 1 heterocycles. The van der Waals surface area contributed by atoms with Gasteiger partial charge in [0.05, 0.1) is 31.2 Å². The number of halogens is 1. The van der Waals surface area contributed by atoms with Crippen LogP contribution in [0.25, 0.3) is 5.57 Å². The maximum atomic E-state index is 13.6. The third-order valence-corrected chi connectivity index (χ3v) is 5.74. The maximum Gasteiger partial charge on any atom is 0.282 e. The molecule has 3 aromatic rings. The number of benzene rings is 3. The number of carbonyl (C=O) groups excluding carboxylic acids is 2. The van der Waals surface area contributed by atoms with Crippen molar-refractivity contribution in [2.45, 2.75) is 13.3 Å². The van der Waals surface area contributed by atoms with Gasteiger partial charge in [-0.3, -0.25) is 9.59 Å². The van der Waals surface area contributed by atoms with Gasteiger partial charge in [0.15, 0.2) is 0 Å². The van der Waals surface area contributed by atoms with Crippen LogP contribution in [0.4, 0.5) is 11.4 Å². The van der Waals surface area contributed by atoms with Crippen molar-refractivity contribution in [1.29, 1.82) is 0 Å². The number of ether oxygens (including phenoxy) is 2. The van der Waals surface area contributed by atoms with E-state index < -0.39 is 11.8 Å². The highest BCUT2D eigenvalue weighted by atomic mass is 35.5. The average molecular weight is 463 g/mol. The quantitative estimate of drug-likeness (QED) is 0.481. The molecule has 0 spiro atoms. The zero-order valence-electron chi connectivity index (χ0n) is 18.5. The molecular formula is C26H23ClN2O4. The Morgan fingerprint density at radius 3 is 2.18 bits per heavy atom. The fraction of sp³-hybridized carbons (Fsp3) is 0.154. The number of carbonyl (C=O) groups is 2. The molecule has 168 valence electrons. The lowest BCUT2D eigenvalue weighted by Crippen LogP contribution is -2.32. The number of nitrogens with zero attached hydrogens (tertiary/aromatic N) is 1. The molecule has 1 aliphatic rings. The van der Waals surface area contributed by atoms with Crippen molar-refractivity contribution in [3.05, 3.63) is 88.6 Å². The van der Waals surface area contributed by atoms with Crippen molar-refractivity contribution in [2.24, 2.45) is 0 Å². The lowest BCUT2D eigenvalue weighted by molar-refractivity contribution is -0.120. The first-order chi connectivity index (χ1) is 16.0. The summed E-state index contributed by atoms with van der Waals surface area (Å²) in [5.41, 5.74) is 3.10. The lowest BCUT2D eigenvalue weighted by atomic mass is 10.0. The van der Waals surface area contributed by atoms with E-state index in [1.807, 2.05) is 19.1 Å². The molecule has 4 rings (SSSR count). The molecular weight excluding hydrogens is 440 g/mol. The molecule has 0 aliphatic carbocycles. The fourth-order valence-electron chi connectivity index (χ4n) is 3.69. The molecule has 0 radical (unpaired) electrons. The number of anilines is 2. The zero-order chi connectivity index (χ0) is 23.5. The minimum absolute atomic E-state index is 0.147. The van der Waals surface area contributed by atoms with E-state index in [-0.39, 0.29) is 11.3 Å². The highest BCUT2D eigenvalue weighted by Crippen LogP contribution is 2.37. The molecule has 33 heavy (non-hydrogen) atoms. The van der Waals surface area contributed by atoms with Crippen molar-refractivity contribution in [1.82, 2.24) is 0 Å². The standard InChI is InChI=1S/C26H23ClN2O4/c1-4-16-5-11-19(12-6-16)29-25(30)23(17-7-9-18(27)10-8-17)24(26(29)31)28-21-15-20(32-2)13-14-22(21)33-3/h5-15,28H,4H2,1-3H3. The van der Waals surface area contributed by atoms with E-state index in [4.69, 9.17) is 21.1 Å². The van der Waals surface area contributed by atoms with Crippen molar-refractivity contribution in [3.63, 3.8) is 0 Å². The first-order valence-electron chi connectivity index (χ1n) is 10.4. The molecule has 0 saturated carbocycles. The van der Waals surface area contributed by atoms with E-state index >= 15 is 0 Å². The highest BCUT2D eigenvalue weighted by Gasteiger charge is 2.40. The summed E-state index contributed by atoms with van der Waals surface area (Å²) >= 11 is 6.05. The average Bonchev–Trinajstić information content (AvgIpc) is 3.08. The van der Waals surface area contributed by atoms with E-state index in [0.717, 1.165) is 12.0 Å². The van der Waals surface area contributed by atoms with Gasteiger partial charge in [-0.05, 0) is 53.9 Å². The van der Waals surface area contributed by atoms with Crippen molar-refractivity contribution in [3.8, 4) is 11.5 Å². The second-order valence-corrected chi connectivity index (χ2v) is 7.85. The van der Waals surface area contributed by atoms with Crippen molar-refractivity contribution >= 4 is 40.4 Å². The number of hydrogen-bond donors (Lipinski definition) is 1. The molecule has 0 saturated heterocycles. The Labute approximate surface area is 197 Å². The normalized spacial score (nSPS) is 13.5. The minimum atomic E-state index is -0.459. The Kier molecular flexibility index (Phi) is 6.38. The Hall–Kier alpha value is -3.77. The van der Waals surface area contributed by atoms with Crippen LogP contribution in [-0.2, 0) is 16.0 Å². The van der Waals surface area contributed by atoms with Crippen molar-refractivity contribution in [2.75, 3.05) is 24.4 Å². The van der Waals surface area contributed by atoms with Crippen LogP contribution in [0.2, 0.25) is 5.02 Å². The van der Waals surface area contributed by atoms with Crippen LogP contribution in [0.3, 0.4) is 0 Å². The SMILES string of the molecule is CCc1ccc(N2C(=O)C(Nc3cc(OC)ccc3OC)=C(c3ccc(Cl)cc3)C2=O)cc1. The topological polar surface area (TPSA) is 67.9 Å². The van der Waals surface area contributed by atoms with Crippen LogP contribution < -0.4 is 19.7 Å². The van der Waals surface area contributed by atoms with Gasteiger partial charge in [-0.15, -0.1) is 0 Å². The van der Waals surface area contributed by atoms with Gasteiger partial charge in [0.2, 0.25) is 0 Å². The zero-order valence-corrected chi connectivity index (χ0v) is 19.3. The molecule has 0 fully saturated rings. The Morgan fingerprint density at radius 1 is 0.879 bits per heavy atom. The van der Waals surface area contributed by atoms with Crippen LogP contribution in [0.1, 0.15) is 18.1 Å². The monoisotopic (exact) mass is 462 g/mol. The molecule has 3 aromatic carbocycles. The second kappa shape index (κ2) is 9.38. The fourth-order valence-corrected chi connectivity index (χ4v) is 3.82. The van der Waals surface area contributed by atoms with E-state index in [2.05, 4.69) is 5.32 Å². The number of nitrogens with one attached hydrogen (secondary N) is 1. The maximum absolute atomic E-state index is 13.6. The van der Waals surface area contributed by atoms with Crippen LogP contribution in [-0.4, -0.2) is 26.0 Å². The summed E-state index contributed by atoms with van der Waals surface area (Å²) in [6, 6.07) is 19.4. The smallest absolute Gasteiger partial charge is 0.282 e. The molecule has 1 N–H and O–H groups in total. The summed E-state index contributed by atoms with van der Waals surface area (Å²) in [5.74, 6) is 0.204. The molecule has 0 atom stereocenters. The molecule has 6 nitrogen and oxygen atoms in total. The third-order valence-electron chi connectivity index (χ3n) is 5.49. The number of imide groups is 1. The Balaban J connectivity index is 1.83.